The summed E-state index contributed by atoms with van der Waals surface area (Å²) in [5.74, 6) is 0.274. The van der Waals surface area contributed by atoms with Crippen molar-refractivity contribution in [2.24, 2.45) is 0 Å². The number of fused-ring (bicyclic) bond motifs is 1. The molecule has 0 aliphatic carbocycles. The standard InChI is InChI=1S/C13H13ClF4N2/c1-8-6-11-10(7-9(8)15)19-12(2-4-14)20(11)5-3-13(16,17)18/h6-7H,2-5H2,1H3. The van der Waals surface area contributed by atoms with Crippen LogP contribution >= 0.6 is 11.6 Å². The summed E-state index contributed by atoms with van der Waals surface area (Å²) in [7, 11) is 0. The minimum atomic E-state index is -4.25. The molecule has 0 fully saturated rings. The second kappa shape index (κ2) is 5.60. The van der Waals surface area contributed by atoms with Gasteiger partial charge in [-0.25, -0.2) is 9.37 Å². The third-order valence-electron chi connectivity index (χ3n) is 3.04. The molecule has 2 rings (SSSR count). The monoisotopic (exact) mass is 308 g/mol. The topological polar surface area (TPSA) is 17.8 Å². The number of nitrogens with zero attached hydrogens (tertiary/aromatic N) is 2. The fourth-order valence-corrected chi connectivity index (χ4v) is 2.23. The average molecular weight is 309 g/mol. The number of rotatable bonds is 4. The molecule has 20 heavy (non-hydrogen) atoms. The van der Waals surface area contributed by atoms with E-state index in [4.69, 9.17) is 11.6 Å². The number of halogens is 5. The van der Waals surface area contributed by atoms with Gasteiger partial charge in [0.15, 0.2) is 0 Å². The maximum absolute atomic E-state index is 13.5. The summed E-state index contributed by atoms with van der Waals surface area (Å²) in [5, 5.41) is 0. The van der Waals surface area contributed by atoms with Crippen molar-refractivity contribution in [2.75, 3.05) is 5.88 Å². The Hall–Kier alpha value is -1.30. The lowest BCUT2D eigenvalue weighted by Gasteiger charge is -2.11. The quantitative estimate of drug-likeness (QED) is 0.611. The Balaban J connectivity index is 2.47. The smallest absolute Gasteiger partial charge is 0.328 e. The van der Waals surface area contributed by atoms with E-state index in [2.05, 4.69) is 4.98 Å². The number of hydrogen-bond acceptors (Lipinski definition) is 1. The van der Waals surface area contributed by atoms with E-state index >= 15 is 0 Å². The first-order chi connectivity index (χ1) is 9.31. The predicted molar refractivity (Wildman–Crippen MR) is 69.5 cm³/mol. The Morgan fingerprint density at radius 3 is 2.60 bits per heavy atom. The minimum absolute atomic E-state index is 0.239. The van der Waals surface area contributed by atoms with Crippen LogP contribution in [0.25, 0.3) is 11.0 Å². The van der Waals surface area contributed by atoms with E-state index in [1.54, 1.807) is 6.92 Å². The normalized spacial score (nSPS) is 12.3. The van der Waals surface area contributed by atoms with Crippen molar-refractivity contribution in [3.63, 3.8) is 0 Å². The second-order valence-electron chi connectivity index (χ2n) is 4.57. The van der Waals surface area contributed by atoms with E-state index in [-0.39, 0.29) is 12.4 Å². The first kappa shape index (κ1) is 15.1. The van der Waals surface area contributed by atoms with E-state index in [0.717, 1.165) is 0 Å². The molecule has 0 unspecified atom stereocenters. The summed E-state index contributed by atoms with van der Waals surface area (Å²) >= 11 is 5.64. The molecular weight excluding hydrogens is 296 g/mol. The average Bonchev–Trinajstić information content (AvgIpc) is 2.64. The molecule has 0 radical (unpaired) electrons. The Kier molecular flexibility index (Phi) is 4.22. The van der Waals surface area contributed by atoms with Gasteiger partial charge in [-0.2, -0.15) is 13.2 Å². The SMILES string of the molecule is Cc1cc2c(cc1F)nc(CCCl)n2CCC(F)(F)F. The first-order valence-electron chi connectivity index (χ1n) is 6.10. The van der Waals surface area contributed by atoms with Crippen LogP contribution in [0.1, 0.15) is 17.8 Å². The zero-order valence-electron chi connectivity index (χ0n) is 10.8. The van der Waals surface area contributed by atoms with E-state index in [1.165, 1.54) is 16.7 Å². The van der Waals surface area contributed by atoms with Crippen LogP contribution in [0.3, 0.4) is 0 Å². The fraction of sp³-hybridized carbons (Fsp3) is 0.462. The van der Waals surface area contributed by atoms with Crippen LogP contribution in [0.4, 0.5) is 17.6 Å². The van der Waals surface area contributed by atoms with Crippen molar-refractivity contribution in [3.8, 4) is 0 Å². The van der Waals surface area contributed by atoms with Crippen molar-refractivity contribution in [1.82, 2.24) is 9.55 Å². The lowest BCUT2D eigenvalue weighted by atomic mass is 10.2. The number of aryl methyl sites for hydroxylation is 3. The molecule has 0 amide bonds. The molecule has 7 heteroatoms. The fourth-order valence-electron chi connectivity index (χ4n) is 2.06. The molecule has 110 valence electrons. The molecule has 0 atom stereocenters. The van der Waals surface area contributed by atoms with E-state index in [9.17, 15) is 17.6 Å². The van der Waals surface area contributed by atoms with Crippen LogP contribution in [0.15, 0.2) is 12.1 Å². The lowest BCUT2D eigenvalue weighted by Crippen LogP contribution is -2.14. The Morgan fingerprint density at radius 1 is 1.30 bits per heavy atom. The van der Waals surface area contributed by atoms with Gasteiger partial charge in [-0.1, -0.05) is 0 Å². The number of aromatic nitrogens is 2. The van der Waals surface area contributed by atoms with Crippen LogP contribution in [-0.2, 0) is 13.0 Å². The second-order valence-corrected chi connectivity index (χ2v) is 4.95. The molecule has 0 bridgehead atoms. The van der Waals surface area contributed by atoms with Gasteiger partial charge in [-0.3, -0.25) is 0 Å². The van der Waals surface area contributed by atoms with Crippen LogP contribution < -0.4 is 0 Å². The Bertz CT molecular complexity index is 619. The molecule has 1 aromatic carbocycles. The first-order valence-corrected chi connectivity index (χ1v) is 6.63. The van der Waals surface area contributed by atoms with Gasteiger partial charge in [0.2, 0.25) is 0 Å². The van der Waals surface area contributed by atoms with E-state index < -0.39 is 18.4 Å². The van der Waals surface area contributed by atoms with E-state index in [1.807, 2.05) is 0 Å². The van der Waals surface area contributed by atoms with Crippen molar-refractivity contribution >= 4 is 22.6 Å². The summed E-state index contributed by atoms with van der Waals surface area (Å²) in [6.07, 6.45) is -4.86. The summed E-state index contributed by atoms with van der Waals surface area (Å²) in [6, 6.07) is 2.76. The largest absolute Gasteiger partial charge is 0.390 e. The van der Waals surface area contributed by atoms with Gasteiger partial charge in [-0.05, 0) is 18.6 Å². The number of alkyl halides is 4. The zero-order chi connectivity index (χ0) is 14.9. The van der Waals surface area contributed by atoms with Crippen molar-refractivity contribution in [3.05, 3.63) is 29.3 Å². The maximum atomic E-state index is 13.5. The van der Waals surface area contributed by atoms with Crippen molar-refractivity contribution in [2.45, 2.75) is 32.5 Å². The summed E-state index contributed by atoms with van der Waals surface area (Å²) in [5.41, 5.74) is 1.24. The summed E-state index contributed by atoms with van der Waals surface area (Å²) < 4.78 is 52.1. The maximum Gasteiger partial charge on any atom is 0.390 e. The molecule has 0 saturated carbocycles. The molecule has 2 aromatic rings. The molecule has 0 aliphatic rings. The highest BCUT2D eigenvalue weighted by Gasteiger charge is 2.27. The van der Waals surface area contributed by atoms with Gasteiger partial charge in [0.05, 0.1) is 17.5 Å². The van der Waals surface area contributed by atoms with Crippen LogP contribution in [-0.4, -0.2) is 21.6 Å². The summed E-state index contributed by atoms with van der Waals surface area (Å²) in [6.45, 7) is 1.33. The highest BCUT2D eigenvalue weighted by molar-refractivity contribution is 6.17. The highest BCUT2D eigenvalue weighted by atomic mass is 35.5. The molecule has 0 saturated heterocycles. The molecule has 0 aliphatic heterocycles. The van der Waals surface area contributed by atoms with Gasteiger partial charge < -0.3 is 4.57 Å². The molecule has 0 spiro atoms. The third-order valence-corrected chi connectivity index (χ3v) is 3.23. The van der Waals surface area contributed by atoms with Crippen LogP contribution in [0.2, 0.25) is 0 Å². The zero-order valence-corrected chi connectivity index (χ0v) is 11.5. The molecule has 0 N–H and O–H groups in total. The third kappa shape index (κ3) is 3.23. The molecule has 2 nitrogen and oxygen atoms in total. The van der Waals surface area contributed by atoms with Gasteiger partial charge in [0, 0.05) is 24.9 Å². The minimum Gasteiger partial charge on any atom is -0.328 e. The Labute approximate surface area is 118 Å². The Morgan fingerprint density at radius 2 is 2.00 bits per heavy atom. The van der Waals surface area contributed by atoms with E-state index in [0.29, 0.717) is 28.8 Å². The van der Waals surface area contributed by atoms with Crippen molar-refractivity contribution in [1.29, 1.82) is 0 Å². The number of benzene rings is 1. The van der Waals surface area contributed by atoms with Crippen LogP contribution in [0.5, 0.6) is 0 Å². The molecule has 1 heterocycles. The predicted octanol–water partition coefficient (Wildman–Crippen LogP) is 4.22. The number of hydrogen-bond donors (Lipinski definition) is 0. The van der Waals surface area contributed by atoms with Gasteiger partial charge in [0.1, 0.15) is 11.6 Å². The van der Waals surface area contributed by atoms with Crippen LogP contribution in [0, 0.1) is 12.7 Å². The van der Waals surface area contributed by atoms with Gasteiger partial charge in [0.25, 0.3) is 0 Å². The number of imidazole rings is 1. The van der Waals surface area contributed by atoms with Crippen molar-refractivity contribution < 1.29 is 17.6 Å². The summed E-state index contributed by atoms with van der Waals surface area (Å²) in [4.78, 5) is 4.18. The highest BCUT2D eigenvalue weighted by Crippen LogP contribution is 2.25. The lowest BCUT2D eigenvalue weighted by molar-refractivity contribution is -0.136. The van der Waals surface area contributed by atoms with Gasteiger partial charge >= 0.3 is 6.18 Å². The molecule has 1 aromatic heterocycles. The molecular formula is C13H13ClF4N2. The van der Waals surface area contributed by atoms with Gasteiger partial charge in [-0.15, -0.1) is 11.6 Å².